The SMILES string of the molecule is N#Cc1ccc(Cl)cc1OCC(F)(F)c1ccccc1. The van der Waals surface area contributed by atoms with Crippen molar-refractivity contribution < 1.29 is 13.5 Å². The maximum atomic E-state index is 13.9. The molecule has 0 bridgehead atoms. The molecule has 2 aromatic carbocycles. The summed E-state index contributed by atoms with van der Waals surface area (Å²) in [6.07, 6.45) is 0. The number of alkyl halides is 2. The van der Waals surface area contributed by atoms with E-state index in [1.807, 2.05) is 6.07 Å². The van der Waals surface area contributed by atoms with Gasteiger partial charge in [0.25, 0.3) is 0 Å². The van der Waals surface area contributed by atoms with Crippen LogP contribution in [-0.4, -0.2) is 6.61 Å². The Kier molecular flexibility index (Phi) is 4.21. The average molecular weight is 294 g/mol. The Bertz CT molecular complexity index is 638. The monoisotopic (exact) mass is 293 g/mol. The van der Waals surface area contributed by atoms with E-state index < -0.39 is 12.5 Å². The Balaban J connectivity index is 2.17. The zero-order valence-electron chi connectivity index (χ0n) is 10.3. The van der Waals surface area contributed by atoms with Crippen molar-refractivity contribution in [2.45, 2.75) is 5.92 Å². The molecule has 0 spiro atoms. The standard InChI is InChI=1S/C15H10ClF2NO/c16-13-7-6-11(9-19)14(8-13)20-10-15(17,18)12-4-2-1-3-5-12/h1-8H,10H2. The summed E-state index contributed by atoms with van der Waals surface area (Å²) in [5.41, 5.74) is 0.0267. The van der Waals surface area contributed by atoms with E-state index in [4.69, 9.17) is 21.6 Å². The first-order valence-corrected chi connectivity index (χ1v) is 6.16. The molecule has 0 unspecified atom stereocenters. The average Bonchev–Trinajstić information content (AvgIpc) is 2.46. The molecule has 2 rings (SSSR count). The van der Waals surface area contributed by atoms with Crippen LogP contribution in [0.1, 0.15) is 11.1 Å². The molecule has 0 heterocycles. The number of nitriles is 1. The zero-order valence-corrected chi connectivity index (χ0v) is 11.1. The summed E-state index contributed by atoms with van der Waals surface area (Å²) in [6.45, 7) is -0.855. The number of nitrogens with zero attached hydrogens (tertiary/aromatic N) is 1. The first-order chi connectivity index (χ1) is 9.53. The molecule has 5 heteroatoms. The molecule has 0 aromatic heterocycles. The van der Waals surface area contributed by atoms with Crippen molar-refractivity contribution in [3.8, 4) is 11.8 Å². The fraction of sp³-hybridized carbons (Fsp3) is 0.133. The van der Waals surface area contributed by atoms with E-state index in [9.17, 15) is 8.78 Å². The summed E-state index contributed by atoms with van der Waals surface area (Å²) in [5.74, 6) is -3.09. The maximum absolute atomic E-state index is 13.9. The third-order valence-corrected chi connectivity index (χ3v) is 2.90. The van der Waals surface area contributed by atoms with Gasteiger partial charge in [-0.3, -0.25) is 0 Å². The van der Waals surface area contributed by atoms with Crippen molar-refractivity contribution in [3.05, 3.63) is 64.7 Å². The van der Waals surface area contributed by atoms with Crippen LogP contribution in [0.15, 0.2) is 48.5 Å². The summed E-state index contributed by atoms with van der Waals surface area (Å²) in [6, 6.07) is 13.5. The number of hydrogen-bond donors (Lipinski definition) is 0. The third kappa shape index (κ3) is 3.25. The van der Waals surface area contributed by atoms with Gasteiger partial charge in [0.05, 0.1) is 5.56 Å². The molecule has 0 amide bonds. The minimum atomic E-state index is -3.14. The van der Waals surface area contributed by atoms with E-state index in [0.717, 1.165) is 0 Å². The third-order valence-electron chi connectivity index (χ3n) is 2.67. The molecule has 102 valence electrons. The lowest BCUT2D eigenvalue weighted by atomic mass is 10.1. The van der Waals surface area contributed by atoms with Crippen LogP contribution >= 0.6 is 11.6 Å². The fourth-order valence-electron chi connectivity index (χ4n) is 1.64. The topological polar surface area (TPSA) is 33.0 Å². The van der Waals surface area contributed by atoms with Crippen LogP contribution in [0.4, 0.5) is 8.78 Å². The molecule has 0 aliphatic rings. The van der Waals surface area contributed by atoms with Gasteiger partial charge in [-0.05, 0) is 12.1 Å². The summed E-state index contributed by atoms with van der Waals surface area (Å²) in [7, 11) is 0. The van der Waals surface area contributed by atoms with Gasteiger partial charge in [0, 0.05) is 16.7 Å². The van der Waals surface area contributed by atoms with Gasteiger partial charge in [0.2, 0.25) is 0 Å². The highest BCUT2D eigenvalue weighted by Crippen LogP contribution is 2.30. The van der Waals surface area contributed by atoms with E-state index in [2.05, 4.69) is 0 Å². The minimum absolute atomic E-state index is 0.0515. The van der Waals surface area contributed by atoms with Crippen LogP contribution in [0.3, 0.4) is 0 Å². The smallest absolute Gasteiger partial charge is 0.306 e. The van der Waals surface area contributed by atoms with E-state index in [1.165, 1.54) is 42.5 Å². The first-order valence-electron chi connectivity index (χ1n) is 5.79. The molecular formula is C15H10ClF2NO. The summed E-state index contributed by atoms with van der Waals surface area (Å²) in [5, 5.41) is 9.22. The summed E-state index contributed by atoms with van der Waals surface area (Å²) < 4.78 is 32.9. The van der Waals surface area contributed by atoms with Crippen molar-refractivity contribution in [1.82, 2.24) is 0 Å². The van der Waals surface area contributed by atoms with Gasteiger partial charge in [-0.2, -0.15) is 14.0 Å². The van der Waals surface area contributed by atoms with Gasteiger partial charge >= 0.3 is 5.92 Å². The van der Waals surface area contributed by atoms with E-state index >= 15 is 0 Å². The van der Waals surface area contributed by atoms with Crippen LogP contribution in [0, 0.1) is 11.3 Å². The molecule has 20 heavy (non-hydrogen) atoms. The van der Waals surface area contributed by atoms with Crippen molar-refractivity contribution in [3.63, 3.8) is 0 Å². The van der Waals surface area contributed by atoms with Crippen LogP contribution in [0.5, 0.6) is 5.75 Å². The highest BCUT2D eigenvalue weighted by molar-refractivity contribution is 6.30. The minimum Gasteiger partial charge on any atom is -0.485 e. The van der Waals surface area contributed by atoms with Crippen LogP contribution < -0.4 is 4.74 Å². The normalized spacial score (nSPS) is 10.9. The van der Waals surface area contributed by atoms with Gasteiger partial charge in [-0.25, -0.2) is 0 Å². The first kappa shape index (κ1) is 14.3. The molecule has 0 aliphatic carbocycles. The van der Waals surface area contributed by atoms with Crippen LogP contribution in [0.2, 0.25) is 5.02 Å². The Labute approximate surface area is 120 Å². The molecular weight excluding hydrogens is 284 g/mol. The number of rotatable bonds is 4. The van der Waals surface area contributed by atoms with Gasteiger partial charge in [0.1, 0.15) is 11.8 Å². The lowest BCUT2D eigenvalue weighted by Crippen LogP contribution is -2.23. The van der Waals surface area contributed by atoms with Gasteiger partial charge in [-0.15, -0.1) is 0 Å². The van der Waals surface area contributed by atoms with Crippen molar-refractivity contribution in [2.75, 3.05) is 6.61 Å². The quantitative estimate of drug-likeness (QED) is 0.838. The molecule has 0 saturated heterocycles. The molecule has 0 fully saturated rings. The highest BCUT2D eigenvalue weighted by Gasteiger charge is 2.32. The van der Waals surface area contributed by atoms with Crippen LogP contribution in [0.25, 0.3) is 0 Å². The molecule has 2 nitrogen and oxygen atoms in total. The molecule has 0 N–H and O–H groups in total. The number of ether oxygens (including phenoxy) is 1. The van der Waals surface area contributed by atoms with Crippen molar-refractivity contribution >= 4 is 11.6 Å². The Morgan fingerprint density at radius 3 is 2.50 bits per heavy atom. The van der Waals surface area contributed by atoms with Gasteiger partial charge in [-0.1, -0.05) is 41.9 Å². The second-order valence-electron chi connectivity index (χ2n) is 4.11. The predicted octanol–water partition coefficient (Wildman–Crippen LogP) is 4.38. The lowest BCUT2D eigenvalue weighted by molar-refractivity contribution is -0.0467. The highest BCUT2D eigenvalue weighted by atomic mass is 35.5. The largest absolute Gasteiger partial charge is 0.485 e. The number of benzene rings is 2. The summed E-state index contributed by atoms with van der Waals surface area (Å²) in [4.78, 5) is 0. The molecule has 0 radical (unpaired) electrons. The fourth-order valence-corrected chi connectivity index (χ4v) is 1.80. The predicted molar refractivity (Wildman–Crippen MR) is 72.0 cm³/mol. The lowest BCUT2D eigenvalue weighted by Gasteiger charge is -2.18. The Morgan fingerprint density at radius 2 is 1.85 bits per heavy atom. The van der Waals surface area contributed by atoms with Gasteiger partial charge < -0.3 is 4.74 Å². The molecule has 0 saturated carbocycles. The van der Waals surface area contributed by atoms with Crippen molar-refractivity contribution in [1.29, 1.82) is 5.26 Å². The molecule has 0 aliphatic heterocycles. The van der Waals surface area contributed by atoms with Gasteiger partial charge in [0.15, 0.2) is 6.61 Å². The second kappa shape index (κ2) is 5.89. The van der Waals surface area contributed by atoms with Crippen molar-refractivity contribution in [2.24, 2.45) is 0 Å². The summed E-state index contributed by atoms with van der Waals surface area (Å²) >= 11 is 5.76. The van der Waals surface area contributed by atoms with E-state index in [-0.39, 0.29) is 16.9 Å². The Morgan fingerprint density at radius 1 is 1.15 bits per heavy atom. The molecule has 2 aromatic rings. The zero-order chi connectivity index (χ0) is 14.6. The number of hydrogen-bond acceptors (Lipinski definition) is 2. The molecule has 0 atom stereocenters. The second-order valence-corrected chi connectivity index (χ2v) is 4.55. The Hall–Kier alpha value is -2.12. The van der Waals surface area contributed by atoms with E-state index in [1.54, 1.807) is 6.07 Å². The van der Waals surface area contributed by atoms with E-state index in [0.29, 0.717) is 5.02 Å². The maximum Gasteiger partial charge on any atom is 0.306 e. The number of halogens is 3. The van der Waals surface area contributed by atoms with Crippen LogP contribution in [-0.2, 0) is 5.92 Å².